The third-order valence-electron chi connectivity index (χ3n) is 7.36. The zero-order valence-electron chi connectivity index (χ0n) is 23.2. The molecule has 10 nitrogen and oxygen atoms in total. The average molecular weight is 598 g/mol. The van der Waals surface area contributed by atoms with Gasteiger partial charge in [0.25, 0.3) is 5.91 Å². The Bertz CT molecular complexity index is 1490. The quantitative estimate of drug-likeness (QED) is 0.241. The minimum atomic E-state index is -2.00. The van der Waals surface area contributed by atoms with Crippen LogP contribution in [0.5, 0.6) is 0 Å². The number of nitrogens with zero attached hydrogens (tertiary/aromatic N) is 3. The number of hydrogen-bond acceptors (Lipinski definition) is 9. The van der Waals surface area contributed by atoms with E-state index in [0.717, 1.165) is 56.8 Å². The van der Waals surface area contributed by atoms with Gasteiger partial charge >= 0.3 is 0 Å². The summed E-state index contributed by atoms with van der Waals surface area (Å²) in [6.45, 7) is 4.89. The van der Waals surface area contributed by atoms with Gasteiger partial charge in [-0.15, -0.1) is 0 Å². The van der Waals surface area contributed by atoms with Crippen molar-refractivity contribution in [1.82, 2.24) is 15.2 Å². The number of carbonyl (C=O) groups is 1. The molecule has 2 fully saturated rings. The third kappa shape index (κ3) is 6.92. The van der Waals surface area contributed by atoms with Crippen molar-refractivity contribution < 1.29 is 22.5 Å². The standard InChI is InChI=1S/C29H33F2N7O3S/c1-37-6-8-38(9-7-37)21-2-3-24(26(15-21)35-20-4-10-41-11-5-20)29(39)36-28(33)25-16-23(17-34-27(25)32)42(40)22-13-18(30)12-19(31)14-22/h2-3,12-17,20,35H,4-11H2,1H3,(H2,32,34)(H2,33,36,39). The fraction of sp³-hybridized carbons (Fsp3) is 0.345. The highest BCUT2D eigenvalue weighted by Gasteiger charge is 2.23. The number of anilines is 3. The van der Waals surface area contributed by atoms with Crippen molar-refractivity contribution in [2.75, 3.05) is 62.4 Å². The van der Waals surface area contributed by atoms with Gasteiger partial charge in [0.2, 0.25) is 0 Å². The van der Waals surface area contributed by atoms with Crippen LogP contribution in [0.2, 0.25) is 0 Å². The van der Waals surface area contributed by atoms with Gasteiger partial charge in [-0.25, -0.2) is 18.0 Å². The Morgan fingerprint density at radius 1 is 1.02 bits per heavy atom. The number of halogens is 2. The van der Waals surface area contributed by atoms with Gasteiger partial charge in [-0.2, -0.15) is 0 Å². The fourth-order valence-corrected chi connectivity index (χ4v) is 6.04. The van der Waals surface area contributed by atoms with Gasteiger partial charge in [0, 0.05) is 74.0 Å². The van der Waals surface area contributed by atoms with Crippen LogP contribution in [0.4, 0.5) is 26.0 Å². The number of nitrogen functional groups attached to an aromatic ring is 1. The van der Waals surface area contributed by atoms with E-state index in [9.17, 15) is 17.8 Å². The molecule has 2 aromatic carbocycles. The van der Waals surface area contributed by atoms with Crippen LogP contribution in [0.3, 0.4) is 0 Å². The van der Waals surface area contributed by atoms with E-state index in [4.69, 9.17) is 15.9 Å². The number of benzene rings is 2. The Morgan fingerprint density at radius 2 is 1.71 bits per heavy atom. The van der Waals surface area contributed by atoms with Crippen molar-refractivity contribution in [2.24, 2.45) is 0 Å². The van der Waals surface area contributed by atoms with Crippen LogP contribution in [0.25, 0.3) is 0 Å². The third-order valence-corrected chi connectivity index (χ3v) is 8.68. The van der Waals surface area contributed by atoms with E-state index in [1.54, 1.807) is 6.07 Å². The average Bonchev–Trinajstić information content (AvgIpc) is 2.97. The number of pyridine rings is 1. The summed E-state index contributed by atoms with van der Waals surface area (Å²) in [4.78, 5) is 22.0. The molecule has 2 saturated heterocycles. The monoisotopic (exact) mass is 597 g/mol. The topological polar surface area (TPSA) is 137 Å². The number of rotatable bonds is 7. The molecule has 1 amide bonds. The zero-order valence-corrected chi connectivity index (χ0v) is 24.0. The van der Waals surface area contributed by atoms with E-state index >= 15 is 0 Å². The lowest BCUT2D eigenvalue weighted by Gasteiger charge is -2.34. The zero-order chi connectivity index (χ0) is 29.8. The molecule has 0 radical (unpaired) electrons. The van der Waals surface area contributed by atoms with Crippen molar-refractivity contribution in [3.63, 3.8) is 0 Å². The summed E-state index contributed by atoms with van der Waals surface area (Å²) in [6, 6.07) is 9.66. The number of aromatic nitrogens is 1. The van der Waals surface area contributed by atoms with Gasteiger partial charge in [-0.3, -0.25) is 10.2 Å². The van der Waals surface area contributed by atoms with E-state index in [1.807, 2.05) is 12.1 Å². The van der Waals surface area contributed by atoms with E-state index in [1.165, 1.54) is 12.3 Å². The molecule has 0 aliphatic carbocycles. The molecule has 42 heavy (non-hydrogen) atoms. The molecule has 13 heteroatoms. The van der Waals surface area contributed by atoms with Crippen LogP contribution in [0.15, 0.2) is 58.5 Å². The number of amidine groups is 1. The number of likely N-dealkylation sites (N-methyl/N-ethyl adjacent to an activating group) is 1. The van der Waals surface area contributed by atoms with Crippen LogP contribution in [-0.2, 0) is 15.5 Å². The maximum atomic E-state index is 13.7. The molecule has 0 spiro atoms. The van der Waals surface area contributed by atoms with Gasteiger partial charge in [0.1, 0.15) is 23.3 Å². The summed E-state index contributed by atoms with van der Waals surface area (Å²) in [5.74, 6) is -2.69. The predicted octanol–water partition coefficient (Wildman–Crippen LogP) is 3.21. The maximum Gasteiger partial charge on any atom is 0.258 e. The lowest BCUT2D eigenvalue weighted by molar-refractivity contribution is 0.0904. The number of hydrogen-bond donors (Lipinski definition) is 4. The molecule has 2 aliphatic heterocycles. The van der Waals surface area contributed by atoms with E-state index in [0.29, 0.717) is 30.5 Å². The minimum Gasteiger partial charge on any atom is -0.383 e. The first-order valence-electron chi connectivity index (χ1n) is 13.6. The van der Waals surface area contributed by atoms with Crippen molar-refractivity contribution in [3.05, 3.63) is 71.4 Å². The van der Waals surface area contributed by atoms with Gasteiger partial charge in [0.05, 0.1) is 26.8 Å². The van der Waals surface area contributed by atoms with Crippen LogP contribution in [0, 0.1) is 17.0 Å². The number of nitrogens with two attached hydrogens (primary N) is 1. The lowest BCUT2D eigenvalue weighted by Crippen LogP contribution is -2.44. The number of piperazine rings is 1. The van der Waals surface area contributed by atoms with Crippen LogP contribution < -0.4 is 21.3 Å². The maximum absolute atomic E-state index is 13.7. The van der Waals surface area contributed by atoms with Gasteiger partial charge in [0.15, 0.2) is 0 Å². The van der Waals surface area contributed by atoms with Crippen molar-refractivity contribution in [3.8, 4) is 0 Å². The highest BCUT2D eigenvalue weighted by molar-refractivity contribution is 7.85. The first kappa shape index (κ1) is 29.5. The van der Waals surface area contributed by atoms with E-state index < -0.39 is 28.3 Å². The smallest absolute Gasteiger partial charge is 0.258 e. The van der Waals surface area contributed by atoms with Crippen molar-refractivity contribution in [1.29, 1.82) is 5.41 Å². The Kier molecular flexibility index (Phi) is 9.09. The van der Waals surface area contributed by atoms with Crippen LogP contribution >= 0.6 is 0 Å². The molecule has 2 aliphatic rings. The highest BCUT2D eigenvalue weighted by atomic mass is 32.2. The van der Waals surface area contributed by atoms with Crippen LogP contribution in [0.1, 0.15) is 28.8 Å². The lowest BCUT2D eigenvalue weighted by atomic mass is 10.1. The molecule has 0 bridgehead atoms. The second kappa shape index (κ2) is 12.9. The summed E-state index contributed by atoms with van der Waals surface area (Å²) < 4.78 is 45.9. The first-order chi connectivity index (χ1) is 20.2. The molecule has 5 N–H and O–H groups in total. The van der Waals surface area contributed by atoms with Gasteiger partial charge in [-0.1, -0.05) is 0 Å². The Labute approximate surface area is 245 Å². The molecule has 5 rings (SSSR count). The first-order valence-corrected chi connectivity index (χ1v) is 14.8. The van der Waals surface area contributed by atoms with Gasteiger partial charge in [-0.05, 0) is 56.3 Å². The van der Waals surface area contributed by atoms with Crippen molar-refractivity contribution in [2.45, 2.75) is 28.7 Å². The van der Waals surface area contributed by atoms with Crippen LogP contribution in [-0.4, -0.2) is 78.3 Å². The Morgan fingerprint density at radius 3 is 2.40 bits per heavy atom. The molecule has 0 saturated carbocycles. The summed E-state index contributed by atoms with van der Waals surface area (Å²) >= 11 is 0. The normalized spacial score (nSPS) is 17.1. The molecule has 1 unspecified atom stereocenters. The number of ether oxygens (including phenoxy) is 1. The molecular weight excluding hydrogens is 564 g/mol. The number of nitrogens with one attached hydrogen (secondary N) is 3. The molecule has 1 aromatic heterocycles. The summed E-state index contributed by atoms with van der Waals surface area (Å²) in [5.41, 5.74) is 8.03. The SMILES string of the molecule is CN1CCN(c2ccc(C(=O)NC(=N)c3cc(S(=O)c4cc(F)cc(F)c4)cnc3N)c(NC3CCOCC3)c2)CC1. The molecule has 222 valence electrons. The van der Waals surface area contributed by atoms with E-state index in [-0.39, 0.29) is 33.0 Å². The van der Waals surface area contributed by atoms with E-state index in [2.05, 4.69) is 32.5 Å². The number of amides is 1. The second-order valence-corrected chi connectivity index (χ2v) is 11.8. The molecule has 3 heterocycles. The Hall–Kier alpha value is -3.94. The number of carbonyl (C=O) groups excluding carboxylic acids is 1. The molecular formula is C29H33F2N7O3S. The molecule has 1 atom stereocenters. The fourth-order valence-electron chi connectivity index (χ4n) is 4.95. The second-order valence-electron chi connectivity index (χ2n) is 10.4. The summed E-state index contributed by atoms with van der Waals surface area (Å²) in [5, 5.41) is 14.7. The largest absolute Gasteiger partial charge is 0.383 e. The summed E-state index contributed by atoms with van der Waals surface area (Å²) in [7, 11) is 0.0899. The highest BCUT2D eigenvalue weighted by Crippen LogP contribution is 2.28. The van der Waals surface area contributed by atoms with Crippen molar-refractivity contribution >= 4 is 39.7 Å². The minimum absolute atomic E-state index is 0.0269. The predicted molar refractivity (Wildman–Crippen MR) is 158 cm³/mol. The Balaban J connectivity index is 1.38. The van der Waals surface area contributed by atoms with Gasteiger partial charge < -0.3 is 30.9 Å². The molecule has 3 aromatic rings. The summed E-state index contributed by atoms with van der Waals surface area (Å²) in [6.07, 6.45) is 2.81.